The summed E-state index contributed by atoms with van der Waals surface area (Å²) in [6.45, 7) is 11.4. The lowest BCUT2D eigenvalue weighted by Crippen LogP contribution is -2.30. The molecule has 0 aromatic heterocycles. The summed E-state index contributed by atoms with van der Waals surface area (Å²) in [4.78, 5) is 0.0274. The monoisotopic (exact) mass is 406 g/mol. The van der Waals surface area contributed by atoms with Crippen LogP contribution in [0, 0.1) is 5.92 Å². The van der Waals surface area contributed by atoms with Gasteiger partial charge < -0.3 is 4.74 Å². The SMILES string of the molecule is CCN(CC)S(=O)(=O)c1ccc(OC(C)C)c(NS(=O)(=O)CC(C)C)c1. The van der Waals surface area contributed by atoms with Gasteiger partial charge in [0.1, 0.15) is 5.75 Å². The van der Waals surface area contributed by atoms with Gasteiger partial charge in [-0.2, -0.15) is 4.31 Å². The first-order chi connectivity index (χ1) is 11.9. The fraction of sp³-hybridized carbons (Fsp3) is 0.647. The van der Waals surface area contributed by atoms with Crippen LogP contribution in [-0.2, 0) is 20.0 Å². The minimum atomic E-state index is -3.70. The van der Waals surface area contributed by atoms with E-state index in [9.17, 15) is 16.8 Å². The number of hydrogen-bond donors (Lipinski definition) is 1. The molecule has 1 aromatic carbocycles. The van der Waals surface area contributed by atoms with Gasteiger partial charge in [-0.1, -0.05) is 27.7 Å². The minimum Gasteiger partial charge on any atom is -0.489 e. The van der Waals surface area contributed by atoms with Crippen molar-refractivity contribution < 1.29 is 21.6 Å². The van der Waals surface area contributed by atoms with E-state index in [1.807, 2.05) is 13.8 Å². The van der Waals surface area contributed by atoms with Crippen molar-refractivity contribution >= 4 is 25.7 Å². The highest BCUT2D eigenvalue weighted by Gasteiger charge is 2.24. The number of anilines is 1. The van der Waals surface area contributed by atoms with Crippen LogP contribution in [0.3, 0.4) is 0 Å². The van der Waals surface area contributed by atoms with E-state index in [0.717, 1.165) is 0 Å². The second-order valence-electron chi connectivity index (χ2n) is 6.69. The third kappa shape index (κ3) is 6.14. The van der Waals surface area contributed by atoms with Crippen LogP contribution >= 0.6 is 0 Å². The predicted octanol–water partition coefficient (Wildman–Crippen LogP) is 2.90. The topological polar surface area (TPSA) is 92.8 Å². The molecule has 0 atom stereocenters. The van der Waals surface area contributed by atoms with Crippen molar-refractivity contribution in [2.24, 2.45) is 5.92 Å². The summed E-state index contributed by atoms with van der Waals surface area (Å²) < 4.78 is 59.6. The average molecular weight is 407 g/mol. The number of sulfonamides is 2. The van der Waals surface area contributed by atoms with Crippen molar-refractivity contribution in [3.05, 3.63) is 18.2 Å². The van der Waals surface area contributed by atoms with Crippen molar-refractivity contribution in [3.8, 4) is 5.75 Å². The molecule has 0 aliphatic rings. The van der Waals surface area contributed by atoms with Crippen molar-refractivity contribution in [2.75, 3.05) is 23.6 Å². The average Bonchev–Trinajstić information content (AvgIpc) is 2.47. The Hall–Kier alpha value is -1.32. The van der Waals surface area contributed by atoms with Crippen LogP contribution in [0.5, 0.6) is 5.75 Å². The zero-order valence-electron chi connectivity index (χ0n) is 16.3. The van der Waals surface area contributed by atoms with Crippen LogP contribution in [0.4, 0.5) is 5.69 Å². The first-order valence-electron chi connectivity index (χ1n) is 8.74. The molecule has 0 saturated heterocycles. The van der Waals surface area contributed by atoms with E-state index in [1.54, 1.807) is 27.7 Å². The molecule has 7 nitrogen and oxygen atoms in total. The molecule has 150 valence electrons. The summed E-state index contributed by atoms with van der Waals surface area (Å²) in [6.07, 6.45) is -0.186. The number of benzene rings is 1. The van der Waals surface area contributed by atoms with Crippen LogP contribution < -0.4 is 9.46 Å². The quantitative estimate of drug-likeness (QED) is 0.645. The van der Waals surface area contributed by atoms with Gasteiger partial charge in [0.25, 0.3) is 0 Å². The first kappa shape index (κ1) is 22.7. The fourth-order valence-corrected chi connectivity index (χ4v) is 5.41. The maximum absolute atomic E-state index is 12.7. The van der Waals surface area contributed by atoms with E-state index >= 15 is 0 Å². The standard InChI is InChI=1S/C17H30N2O5S2/c1-7-19(8-2)26(22,23)15-9-10-17(24-14(5)6)16(11-15)18-25(20,21)12-13(3)4/h9-11,13-14,18H,7-8,12H2,1-6H3. The molecule has 0 fully saturated rings. The van der Waals surface area contributed by atoms with Gasteiger partial charge in [-0.05, 0) is 38.0 Å². The number of rotatable bonds is 10. The van der Waals surface area contributed by atoms with Gasteiger partial charge in [0.15, 0.2) is 0 Å². The van der Waals surface area contributed by atoms with Crippen LogP contribution in [0.2, 0.25) is 0 Å². The van der Waals surface area contributed by atoms with Gasteiger partial charge in [-0.15, -0.1) is 0 Å². The number of ether oxygens (including phenoxy) is 1. The van der Waals surface area contributed by atoms with Crippen LogP contribution in [-0.4, -0.2) is 46.1 Å². The molecule has 0 aliphatic carbocycles. The van der Waals surface area contributed by atoms with E-state index in [0.29, 0.717) is 18.8 Å². The summed E-state index contributed by atoms with van der Waals surface area (Å²) in [6, 6.07) is 4.25. The largest absolute Gasteiger partial charge is 0.489 e. The van der Waals surface area contributed by atoms with Gasteiger partial charge >= 0.3 is 0 Å². The molecule has 1 rings (SSSR count). The van der Waals surface area contributed by atoms with E-state index in [2.05, 4.69) is 4.72 Å². The molecule has 0 spiro atoms. The normalized spacial score (nSPS) is 12.8. The Bertz CT molecular complexity index is 798. The maximum Gasteiger partial charge on any atom is 0.243 e. The fourth-order valence-electron chi connectivity index (χ4n) is 2.47. The summed E-state index contributed by atoms with van der Waals surface area (Å²) in [5, 5.41) is 0. The molecule has 0 radical (unpaired) electrons. The van der Waals surface area contributed by atoms with Gasteiger partial charge in [-0.25, -0.2) is 16.8 Å². The highest BCUT2D eigenvalue weighted by molar-refractivity contribution is 7.92. The lowest BCUT2D eigenvalue weighted by Gasteiger charge is -2.21. The molecular weight excluding hydrogens is 376 g/mol. The molecule has 0 aliphatic heterocycles. The highest BCUT2D eigenvalue weighted by Crippen LogP contribution is 2.31. The predicted molar refractivity (Wildman–Crippen MR) is 105 cm³/mol. The van der Waals surface area contributed by atoms with Gasteiger partial charge in [0, 0.05) is 13.1 Å². The van der Waals surface area contributed by atoms with Gasteiger partial charge in [-0.3, -0.25) is 4.72 Å². The first-order valence-corrected chi connectivity index (χ1v) is 11.8. The summed E-state index contributed by atoms with van der Waals surface area (Å²) in [7, 11) is -7.33. The molecule has 1 N–H and O–H groups in total. The second-order valence-corrected chi connectivity index (χ2v) is 10.4. The molecule has 0 amide bonds. The summed E-state index contributed by atoms with van der Waals surface area (Å²) >= 11 is 0. The van der Waals surface area contributed by atoms with Crippen molar-refractivity contribution in [2.45, 2.75) is 52.5 Å². The van der Waals surface area contributed by atoms with Crippen molar-refractivity contribution in [3.63, 3.8) is 0 Å². The van der Waals surface area contributed by atoms with E-state index in [1.165, 1.54) is 22.5 Å². The number of nitrogens with zero attached hydrogens (tertiary/aromatic N) is 1. The Morgan fingerprint density at radius 1 is 1.04 bits per heavy atom. The van der Waals surface area contributed by atoms with Gasteiger partial charge in [0.05, 0.1) is 22.4 Å². The molecule has 0 unspecified atom stereocenters. The second kappa shape index (κ2) is 9.05. The molecule has 1 aromatic rings. The van der Waals surface area contributed by atoms with E-state index < -0.39 is 20.0 Å². The van der Waals surface area contributed by atoms with Crippen LogP contribution in [0.25, 0.3) is 0 Å². The molecule has 0 saturated carbocycles. The Morgan fingerprint density at radius 3 is 2.08 bits per heavy atom. The Labute approximate surface area is 157 Å². The number of nitrogens with one attached hydrogen (secondary N) is 1. The van der Waals surface area contributed by atoms with Crippen LogP contribution in [0.15, 0.2) is 23.1 Å². The smallest absolute Gasteiger partial charge is 0.243 e. The molecule has 9 heteroatoms. The molecule has 0 heterocycles. The minimum absolute atomic E-state index is 0.0274. The Morgan fingerprint density at radius 2 is 1.62 bits per heavy atom. The lowest BCUT2D eigenvalue weighted by molar-refractivity contribution is 0.243. The third-order valence-corrected chi connectivity index (χ3v) is 7.16. The molecule has 0 bridgehead atoms. The van der Waals surface area contributed by atoms with Gasteiger partial charge in [0.2, 0.25) is 20.0 Å². The third-order valence-electron chi connectivity index (χ3n) is 3.48. The summed E-state index contributed by atoms with van der Waals surface area (Å²) in [5.41, 5.74) is 0.132. The highest BCUT2D eigenvalue weighted by atomic mass is 32.2. The number of hydrogen-bond acceptors (Lipinski definition) is 5. The van der Waals surface area contributed by atoms with E-state index in [-0.39, 0.29) is 28.4 Å². The zero-order chi connectivity index (χ0) is 20.1. The van der Waals surface area contributed by atoms with Crippen LogP contribution in [0.1, 0.15) is 41.5 Å². The maximum atomic E-state index is 12.7. The Balaban J connectivity index is 3.40. The van der Waals surface area contributed by atoms with E-state index in [4.69, 9.17) is 4.74 Å². The zero-order valence-corrected chi connectivity index (χ0v) is 17.9. The van der Waals surface area contributed by atoms with Crippen molar-refractivity contribution in [1.29, 1.82) is 0 Å². The summed E-state index contributed by atoms with van der Waals surface area (Å²) in [5.74, 6) is 0.164. The van der Waals surface area contributed by atoms with Crippen molar-refractivity contribution in [1.82, 2.24) is 4.31 Å². The lowest BCUT2D eigenvalue weighted by atomic mass is 10.3. The molecular formula is C17H30N2O5S2. The Kier molecular flexibility index (Phi) is 7.91. The molecule has 26 heavy (non-hydrogen) atoms.